The van der Waals surface area contributed by atoms with Crippen LogP contribution in [0.1, 0.15) is 18.9 Å². The summed E-state index contributed by atoms with van der Waals surface area (Å²) in [4.78, 5) is 0. The first-order valence-corrected chi connectivity index (χ1v) is 7.68. The van der Waals surface area contributed by atoms with E-state index in [2.05, 4.69) is 33.8 Å². The Morgan fingerprint density at radius 2 is 1.92 bits per heavy atom. The quantitative estimate of drug-likeness (QED) is 0.665. The van der Waals surface area contributed by atoms with Crippen molar-refractivity contribution in [1.29, 1.82) is 0 Å². The number of hydrogen-bond donors (Lipinski definition) is 1. The van der Waals surface area contributed by atoms with Gasteiger partial charge in [0.25, 0.3) is 0 Å². The smallest absolute Gasteiger partial charge is 0.345 e. The first kappa shape index (κ1) is 17.9. The summed E-state index contributed by atoms with van der Waals surface area (Å²) in [5.74, 6) is 0.716. The minimum Gasteiger partial charge on any atom is -0.423 e. The van der Waals surface area contributed by atoms with Crippen molar-refractivity contribution in [3.05, 3.63) is 60.2 Å². The molecular formula is C17H20ClN5O. The zero-order chi connectivity index (χ0) is 15.9. The lowest BCUT2D eigenvalue weighted by atomic mass is 10.2. The van der Waals surface area contributed by atoms with Gasteiger partial charge in [0, 0.05) is 6.54 Å². The average Bonchev–Trinajstić information content (AvgIpc) is 3.04. The predicted molar refractivity (Wildman–Crippen MR) is 94.9 cm³/mol. The first-order valence-electron chi connectivity index (χ1n) is 7.68. The SMILES string of the molecule is CCCNCc1cccc(Oc2nnnn2-c2ccccc2)c1.Cl. The second-order valence-corrected chi connectivity index (χ2v) is 5.14. The van der Waals surface area contributed by atoms with E-state index in [1.807, 2.05) is 48.5 Å². The van der Waals surface area contributed by atoms with Crippen LogP contribution in [-0.4, -0.2) is 26.8 Å². The summed E-state index contributed by atoms with van der Waals surface area (Å²) in [7, 11) is 0. The highest BCUT2D eigenvalue weighted by atomic mass is 35.5. The fraction of sp³-hybridized carbons (Fsp3) is 0.235. The van der Waals surface area contributed by atoms with Crippen LogP contribution in [0.2, 0.25) is 0 Å². The minimum atomic E-state index is 0. The standard InChI is InChI=1S/C17H19N5O.ClH/c1-2-11-18-13-14-7-6-10-16(12-14)23-17-19-20-21-22(17)15-8-4-3-5-9-15;/h3-10,12,18H,2,11,13H2,1H3;1H. The zero-order valence-electron chi connectivity index (χ0n) is 13.4. The highest BCUT2D eigenvalue weighted by molar-refractivity contribution is 5.85. The van der Waals surface area contributed by atoms with Crippen LogP contribution in [-0.2, 0) is 6.54 Å². The lowest BCUT2D eigenvalue weighted by Gasteiger charge is -2.08. The van der Waals surface area contributed by atoms with Crippen molar-refractivity contribution in [3.8, 4) is 17.4 Å². The summed E-state index contributed by atoms with van der Waals surface area (Å²) in [5, 5.41) is 15.0. The molecule has 3 aromatic rings. The third-order valence-electron chi connectivity index (χ3n) is 3.31. The van der Waals surface area contributed by atoms with Gasteiger partial charge in [0.2, 0.25) is 0 Å². The normalized spacial score (nSPS) is 10.2. The molecule has 0 aliphatic rings. The fourth-order valence-electron chi connectivity index (χ4n) is 2.21. The Bertz CT molecular complexity index is 748. The van der Waals surface area contributed by atoms with Crippen molar-refractivity contribution >= 4 is 12.4 Å². The van der Waals surface area contributed by atoms with Crippen LogP contribution in [0.3, 0.4) is 0 Å². The third-order valence-corrected chi connectivity index (χ3v) is 3.31. The van der Waals surface area contributed by atoms with Crippen molar-refractivity contribution in [2.75, 3.05) is 6.54 Å². The summed E-state index contributed by atoms with van der Waals surface area (Å²) in [6, 6.07) is 17.9. The number of tetrazole rings is 1. The van der Waals surface area contributed by atoms with E-state index in [4.69, 9.17) is 4.74 Å². The molecule has 1 heterocycles. The van der Waals surface area contributed by atoms with E-state index in [9.17, 15) is 0 Å². The van der Waals surface area contributed by atoms with E-state index in [0.717, 1.165) is 30.8 Å². The molecular weight excluding hydrogens is 326 g/mol. The van der Waals surface area contributed by atoms with Crippen LogP contribution < -0.4 is 10.1 Å². The van der Waals surface area contributed by atoms with Crippen molar-refractivity contribution in [3.63, 3.8) is 0 Å². The van der Waals surface area contributed by atoms with E-state index in [-0.39, 0.29) is 12.4 Å². The number of halogens is 1. The Kier molecular flexibility index (Phi) is 6.72. The molecule has 0 amide bonds. The Morgan fingerprint density at radius 3 is 2.71 bits per heavy atom. The van der Waals surface area contributed by atoms with Crippen LogP contribution in [0, 0.1) is 0 Å². The highest BCUT2D eigenvalue weighted by Gasteiger charge is 2.10. The molecule has 0 spiro atoms. The molecule has 0 bridgehead atoms. The number of nitrogens with zero attached hydrogens (tertiary/aromatic N) is 4. The zero-order valence-corrected chi connectivity index (χ0v) is 14.2. The summed E-state index contributed by atoms with van der Waals surface area (Å²) >= 11 is 0. The molecule has 0 saturated heterocycles. The number of benzene rings is 2. The Hall–Kier alpha value is -2.44. The van der Waals surface area contributed by atoms with E-state index >= 15 is 0 Å². The monoisotopic (exact) mass is 345 g/mol. The Balaban J connectivity index is 0.00000208. The maximum Gasteiger partial charge on any atom is 0.345 e. The van der Waals surface area contributed by atoms with Gasteiger partial charge in [-0.05, 0) is 53.2 Å². The van der Waals surface area contributed by atoms with E-state index < -0.39 is 0 Å². The van der Waals surface area contributed by atoms with Crippen molar-refractivity contribution in [1.82, 2.24) is 25.5 Å². The van der Waals surface area contributed by atoms with Gasteiger partial charge in [-0.25, -0.2) is 0 Å². The van der Waals surface area contributed by atoms with Crippen LogP contribution >= 0.6 is 12.4 Å². The Labute approximate surface area is 147 Å². The van der Waals surface area contributed by atoms with Crippen LogP contribution in [0.15, 0.2) is 54.6 Å². The first-order chi connectivity index (χ1) is 11.4. The molecule has 0 atom stereocenters. The molecule has 0 radical (unpaired) electrons. The van der Waals surface area contributed by atoms with Crippen molar-refractivity contribution in [2.24, 2.45) is 0 Å². The molecule has 0 unspecified atom stereocenters. The van der Waals surface area contributed by atoms with Crippen molar-refractivity contribution in [2.45, 2.75) is 19.9 Å². The number of para-hydroxylation sites is 1. The summed E-state index contributed by atoms with van der Waals surface area (Å²) in [6.07, 6.45) is 1.11. The number of ether oxygens (including phenoxy) is 1. The fourth-order valence-corrected chi connectivity index (χ4v) is 2.21. The molecule has 6 nitrogen and oxygen atoms in total. The van der Waals surface area contributed by atoms with E-state index in [1.165, 1.54) is 0 Å². The Morgan fingerprint density at radius 1 is 1.08 bits per heavy atom. The molecule has 2 aromatic carbocycles. The van der Waals surface area contributed by atoms with E-state index in [1.54, 1.807) is 4.68 Å². The molecule has 7 heteroatoms. The predicted octanol–water partition coefficient (Wildman–Crippen LogP) is 3.38. The van der Waals surface area contributed by atoms with Gasteiger partial charge < -0.3 is 10.1 Å². The summed E-state index contributed by atoms with van der Waals surface area (Å²) < 4.78 is 7.42. The molecule has 126 valence electrons. The molecule has 3 rings (SSSR count). The lowest BCUT2D eigenvalue weighted by Crippen LogP contribution is -2.13. The number of rotatable bonds is 7. The summed E-state index contributed by atoms with van der Waals surface area (Å²) in [5.41, 5.74) is 2.02. The van der Waals surface area contributed by atoms with Gasteiger partial charge in [-0.15, -0.1) is 12.4 Å². The molecule has 0 saturated carbocycles. The molecule has 24 heavy (non-hydrogen) atoms. The van der Waals surface area contributed by atoms with Gasteiger partial charge in [0.15, 0.2) is 0 Å². The molecule has 0 aliphatic carbocycles. The molecule has 0 fully saturated rings. The molecule has 0 aliphatic heterocycles. The van der Waals surface area contributed by atoms with Gasteiger partial charge in [0.05, 0.1) is 5.69 Å². The van der Waals surface area contributed by atoms with E-state index in [0.29, 0.717) is 11.8 Å². The molecule has 1 N–H and O–H groups in total. The molecule has 1 aromatic heterocycles. The largest absolute Gasteiger partial charge is 0.423 e. The van der Waals surface area contributed by atoms with Gasteiger partial charge in [-0.1, -0.05) is 42.4 Å². The maximum absolute atomic E-state index is 5.85. The number of hydrogen-bond acceptors (Lipinski definition) is 5. The second-order valence-electron chi connectivity index (χ2n) is 5.14. The van der Waals surface area contributed by atoms with Gasteiger partial charge >= 0.3 is 6.01 Å². The number of nitrogens with one attached hydrogen (secondary N) is 1. The topological polar surface area (TPSA) is 64.9 Å². The highest BCUT2D eigenvalue weighted by Crippen LogP contribution is 2.21. The van der Waals surface area contributed by atoms with Gasteiger partial charge in [-0.3, -0.25) is 0 Å². The van der Waals surface area contributed by atoms with Gasteiger partial charge in [0.1, 0.15) is 5.75 Å². The second kappa shape index (κ2) is 9.00. The minimum absolute atomic E-state index is 0. The average molecular weight is 346 g/mol. The third kappa shape index (κ3) is 4.53. The van der Waals surface area contributed by atoms with Crippen LogP contribution in [0.5, 0.6) is 11.8 Å². The van der Waals surface area contributed by atoms with Crippen molar-refractivity contribution < 1.29 is 4.74 Å². The lowest BCUT2D eigenvalue weighted by molar-refractivity contribution is 0.426. The number of aromatic nitrogens is 4. The maximum atomic E-state index is 5.85. The summed E-state index contributed by atoms with van der Waals surface area (Å²) in [6.45, 7) is 3.96. The van der Waals surface area contributed by atoms with Gasteiger partial charge in [-0.2, -0.15) is 4.68 Å². The van der Waals surface area contributed by atoms with Crippen LogP contribution in [0.25, 0.3) is 5.69 Å². The van der Waals surface area contributed by atoms with Crippen LogP contribution in [0.4, 0.5) is 0 Å².